The number of hydrogen-bond acceptors (Lipinski definition) is 2. The first-order valence-corrected chi connectivity index (χ1v) is 5.11. The molecule has 1 heterocycles. The van der Waals surface area contributed by atoms with Gasteiger partial charge in [0.05, 0.1) is 6.04 Å². The Labute approximate surface area is 93.3 Å². The summed E-state index contributed by atoms with van der Waals surface area (Å²) >= 11 is 0. The number of aryl methyl sites for hydroxylation is 1. The Morgan fingerprint density at radius 3 is 2.81 bits per heavy atom. The van der Waals surface area contributed by atoms with Crippen molar-refractivity contribution < 1.29 is 4.79 Å². The molecule has 0 aromatic heterocycles. The Balaban J connectivity index is 2.06. The quantitative estimate of drug-likeness (QED) is 0.424. The Hall–Kier alpha value is -2.00. The third kappa shape index (κ3) is 1.85. The molecular formula is C11H12N4O. The van der Waals surface area contributed by atoms with Crippen LogP contribution >= 0.6 is 0 Å². The number of azide groups is 1. The van der Waals surface area contributed by atoms with E-state index in [4.69, 9.17) is 5.53 Å². The number of hydrogen-bond donors (Lipinski definition) is 0. The maximum absolute atomic E-state index is 12.0. The number of nitrogens with zero attached hydrogens (tertiary/aromatic N) is 4. The second kappa shape index (κ2) is 4.24. The summed E-state index contributed by atoms with van der Waals surface area (Å²) in [5.74, 6) is 0.0162. The third-order valence-electron chi connectivity index (χ3n) is 2.74. The first-order chi connectivity index (χ1) is 7.72. The lowest BCUT2D eigenvalue weighted by Crippen LogP contribution is -2.52. The molecule has 1 aliphatic heterocycles. The van der Waals surface area contributed by atoms with Gasteiger partial charge in [-0.05, 0) is 24.1 Å². The van der Waals surface area contributed by atoms with Crippen LogP contribution in [0.15, 0.2) is 29.4 Å². The van der Waals surface area contributed by atoms with E-state index in [1.165, 1.54) is 0 Å². The molecule has 5 nitrogen and oxygen atoms in total. The number of amides is 1. The van der Waals surface area contributed by atoms with Gasteiger partial charge in [-0.25, -0.2) is 0 Å². The van der Waals surface area contributed by atoms with Crippen LogP contribution in [0, 0.1) is 6.92 Å². The van der Waals surface area contributed by atoms with Crippen molar-refractivity contribution in [1.29, 1.82) is 0 Å². The van der Waals surface area contributed by atoms with E-state index in [2.05, 4.69) is 10.0 Å². The Morgan fingerprint density at radius 1 is 1.50 bits per heavy atom. The van der Waals surface area contributed by atoms with Crippen molar-refractivity contribution in [3.8, 4) is 0 Å². The van der Waals surface area contributed by atoms with Crippen molar-refractivity contribution >= 4 is 5.91 Å². The SMILES string of the molecule is Cc1ccccc1C(=O)N1CC(N=[N+]=[N-])C1. The molecule has 0 unspecified atom stereocenters. The highest BCUT2D eigenvalue weighted by Crippen LogP contribution is 2.17. The predicted octanol–water partition coefficient (Wildman–Crippen LogP) is 2.13. The summed E-state index contributed by atoms with van der Waals surface area (Å²) in [4.78, 5) is 16.4. The van der Waals surface area contributed by atoms with Gasteiger partial charge in [-0.1, -0.05) is 23.3 Å². The smallest absolute Gasteiger partial charge is 0.254 e. The van der Waals surface area contributed by atoms with Gasteiger partial charge in [-0.2, -0.15) is 0 Å². The molecule has 0 radical (unpaired) electrons. The second-order valence-electron chi connectivity index (χ2n) is 3.88. The minimum Gasteiger partial charge on any atom is -0.338 e. The van der Waals surface area contributed by atoms with Gasteiger partial charge in [-0.3, -0.25) is 4.79 Å². The molecule has 16 heavy (non-hydrogen) atoms. The summed E-state index contributed by atoms with van der Waals surface area (Å²) in [5, 5.41) is 3.57. The third-order valence-corrected chi connectivity index (χ3v) is 2.74. The lowest BCUT2D eigenvalue weighted by molar-refractivity contribution is 0.0608. The summed E-state index contributed by atoms with van der Waals surface area (Å²) in [6.45, 7) is 2.96. The van der Waals surface area contributed by atoms with E-state index in [9.17, 15) is 4.79 Å². The number of carbonyl (C=O) groups is 1. The van der Waals surface area contributed by atoms with Gasteiger partial charge in [0.2, 0.25) is 0 Å². The molecule has 1 aromatic carbocycles. The molecule has 0 saturated carbocycles. The van der Waals surface area contributed by atoms with E-state index >= 15 is 0 Å². The molecular weight excluding hydrogens is 204 g/mol. The fourth-order valence-corrected chi connectivity index (χ4v) is 1.75. The van der Waals surface area contributed by atoms with Gasteiger partial charge in [0, 0.05) is 23.6 Å². The Kier molecular flexibility index (Phi) is 2.79. The van der Waals surface area contributed by atoms with Crippen LogP contribution in [-0.2, 0) is 0 Å². The standard InChI is InChI=1S/C11H12N4O/c1-8-4-2-3-5-10(8)11(16)15-6-9(7-15)13-14-12/h2-5,9H,6-7H2,1H3. The van der Waals surface area contributed by atoms with Crippen molar-refractivity contribution in [2.75, 3.05) is 13.1 Å². The fourth-order valence-electron chi connectivity index (χ4n) is 1.75. The summed E-state index contributed by atoms with van der Waals surface area (Å²) in [7, 11) is 0. The lowest BCUT2D eigenvalue weighted by Gasteiger charge is -2.36. The molecule has 1 saturated heterocycles. The monoisotopic (exact) mass is 216 g/mol. The van der Waals surface area contributed by atoms with Gasteiger partial charge in [0.25, 0.3) is 5.91 Å². The van der Waals surface area contributed by atoms with Crippen LogP contribution in [0.3, 0.4) is 0 Å². The van der Waals surface area contributed by atoms with Crippen molar-refractivity contribution in [3.05, 3.63) is 45.8 Å². The number of carbonyl (C=O) groups excluding carboxylic acids is 1. The van der Waals surface area contributed by atoms with E-state index in [1.54, 1.807) is 4.90 Å². The van der Waals surface area contributed by atoms with Crippen molar-refractivity contribution in [1.82, 2.24) is 4.90 Å². The van der Waals surface area contributed by atoms with Crippen LogP contribution in [0.25, 0.3) is 10.4 Å². The highest BCUT2D eigenvalue weighted by atomic mass is 16.2. The number of likely N-dealkylation sites (tertiary alicyclic amines) is 1. The lowest BCUT2D eigenvalue weighted by atomic mass is 10.0. The van der Waals surface area contributed by atoms with E-state index in [1.807, 2.05) is 31.2 Å². The van der Waals surface area contributed by atoms with E-state index < -0.39 is 0 Å². The molecule has 0 aliphatic carbocycles. The molecule has 82 valence electrons. The normalized spacial score (nSPS) is 15.2. The van der Waals surface area contributed by atoms with Crippen LogP contribution in [0.2, 0.25) is 0 Å². The molecule has 1 aliphatic rings. The van der Waals surface area contributed by atoms with Crippen LogP contribution in [0.1, 0.15) is 15.9 Å². The molecule has 1 fully saturated rings. The first kappa shape index (κ1) is 10.5. The minimum absolute atomic E-state index is 0.0162. The van der Waals surface area contributed by atoms with Gasteiger partial charge in [-0.15, -0.1) is 0 Å². The molecule has 5 heteroatoms. The Bertz CT molecular complexity index is 459. The van der Waals surface area contributed by atoms with E-state index in [-0.39, 0.29) is 11.9 Å². The number of rotatable bonds is 2. The first-order valence-electron chi connectivity index (χ1n) is 5.11. The van der Waals surface area contributed by atoms with Crippen LogP contribution in [0.5, 0.6) is 0 Å². The predicted molar refractivity (Wildman–Crippen MR) is 60.0 cm³/mol. The molecule has 2 rings (SSSR count). The molecule has 1 amide bonds. The van der Waals surface area contributed by atoms with Crippen LogP contribution < -0.4 is 0 Å². The van der Waals surface area contributed by atoms with E-state index in [0.717, 1.165) is 11.1 Å². The molecule has 0 N–H and O–H groups in total. The maximum atomic E-state index is 12.0. The molecule has 0 atom stereocenters. The zero-order valence-electron chi connectivity index (χ0n) is 9.00. The summed E-state index contributed by atoms with van der Waals surface area (Å²) in [6.07, 6.45) is 0. The minimum atomic E-state index is -0.0574. The van der Waals surface area contributed by atoms with Gasteiger partial charge in [0.1, 0.15) is 0 Å². The molecule has 1 aromatic rings. The molecule has 0 spiro atoms. The molecule has 0 bridgehead atoms. The summed E-state index contributed by atoms with van der Waals surface area (Å²) in [6, 6.07) is 7.44. The summed E-state index contributed by atoms with van der Waals surface area (Å²) in [5.41, 5.74) is 9.94. The Morgan fingerprint density at radius 2 is 2.19 bits per heavy atom. The van der Waals surface area contributed by atoms with Crippen LogP contribution in [0.4, 0.5) is 0 Å². The van der Waals surface area contributed by atoms with Gasteiger partial charge in [0.15, 0.2) is 0 Å². The van der Waals surface area contributed by atoms with E-state index in [0.29, 0.717) is 13.1 Å². The maximum Gasteiger partial charge on any atom is 0.254 e. The largest absolute Gasteiger partial charge is 0.338 e. The van der Waals surface area contributed by atoms with Gasteiger partial charge < -0.3 is 4.90 Å². The van der Waals surface area contributed by atoms with Crippen LogP contribution in [-0.4, -0.2) is 29.9 Å². The average Bonchev–Trinajstić information content (AvgIpc) is 2.22. The zero-order valence-corrected chi connectivity index (χ0v) is 9.00. The highest BCUT2D eigenvalue weighted by Gasteiger charge is 2.30. The second-order valence-corrected chi connectivity index (χ2v) is 3.88. The highest BCUT2D eigenvalue weighted by molar-refractivity contribution is 5.96. The van der Waals surface area contributed by atoms with Crippen molar-refractivity contribution in [3.63, 3.8) is 0 Å². The topological polar surface area (TPSA) is 69.1 Å². The van der Waals surface area contributed by atoms with Crippen molar-refractivity contribution in [2.24, 2.45) is 5.11 Å². The summed E-state index contributed by atoms with van der Waals surface area (Å²) < 4.78 is 0. The average molecular weight is 216 g/mol. The van der Waals surface area contributed by atoms with Gasteiger partial charge >= 0.3 is 0 Å². The fraction of sp³-hybridized carbons (Fsp3) is 0.364. The van der Waals surface area contributed by atoms with Crippen molar-refractivity contribution in [2.45, 2.75) is 13.0 Å². The number of benzene rings is 1. The zero-order chi connectivity index (χ0) is 11.5.